The molecule has 26 heavy (non-hydrogen) atoms. The lowest BCUT2D eigenvalue weighted by Gasteiger charge is -2.18. The Morgan fingerprint density at radius 1 is 1.54 bits per heavy atom. The minimum absolute atomic E-state index is 0.0177. The molecule has 1 aliphatic heterocycles. The fourth-order valence-electron chi connectivity index (χ4n) is 2.67. The lowest BCUT2D eigenvalue weighted by Crippen LogP contribution is -2.24. The summed E-state index contributed by atoms with van der Waals surface area (Å²) in [5, 5.41) is 3.68. The molecule has 0 aromatic carbocycles. The Balaban J connectivity index is 1.79. The highest BCUT2D eigenvalue weighted by molar-refractivity contribution is 7.47. The van der Waals surface area contributed by atoms with Crippen molar-refractivity contribution >= 4 is 24.8 Å². The Morgan fingerprint density at radius 3 is 3.08 bits per heavy atom. The minimum atomic E-state index is -4.19. The van der Waals surface area contributed by atoms with Gasteiger partial charge in [-0.3, -0.25) is 13.6 Å². The molecule has 0 amide bonds. The molecule has 14 heteroatoms. The third-order valence-electron chi connectivity index (χ3n) is 3.80. The molecule has 1 aliphatic rings. The normalized spacial score (nSPS) is 25.1. The molecule has 0 saturated carbocycles. The van der Waals surface area contributed by atoms with Gasteiger partial charge in [0.2, 0.25) is 0 Å². The standard InChI is InChI=1S/C12H17N8O5P/c1-2-23-26(21,22)24-4-8-7(18-19-14)3-9(25-8)20-6-17-10-11(13)15-5-16-12(10)20/h5-9H,2-4H2,1H3,(H,21,22)(H2,13,15,16)/t7-,8-,9-/m1/s1. The van der Waals surface area contributed by atoms with Gasteiger partial charge in [-0.15, -0.1) is 0 Å². The second kappa shape index (κ2) is 7.54. The Morgan fingerprint density at radius 2 is 2.35 bits per heavy atom. The number of fused-ring (bicyclic) bond motifs is 1. The Kier molecular flexibility index (Phi) is 5.37. The summed E-state index contributed by atoms with van der Waals surface area (Å²) in [6.45, 7) is 1.30. The fourth-order valence-corrected chi connectivity index (χ4v) is 3.41. The van der Waals surface area contributed by atoms with Crippen molar-refractivity contribution in [2.45, 2.75) is 31.7 Å². The predicted octanol–water partition coefficient (Wildman–Crippen LogP) is 1.53. The van der Waals surface area contributed by atoms with E-state index in [0.29, 0.717) is 17.6 Å². The number of ether oxygens (including phenoxy) is 1. The van der Waals surface area contributed by atoms with Crippen LogP contribution in [0.15, 0.2) is 17.8 Å². The highest BCUT2D eigenvalue weighted by Crippen LogP contribution is 2.44. The molecule has 3 N–H and O–H groups in total. The highest BCUT2D eigenvalue weighted by atomic mass is 31.2. The van der Waals surface area contributed by atoms with Gasteiger partial charge in [0.15, 0.2) is 11.5 Å². The largest absolute Gasteiger partial charge is 0.472 e. The number of azide groups is 1. The smallest absolute Gasteiger partial charge is 0.382 e. The second-order valence-electron chi connectivity index (χ2n) is 5.40. The summed E-state index contributed by atoms with van der Waals surface area (Å²) >= 11 is 0. The molecule has 1 fully saturated rings. The number of anilines is 1. The molecule has 3 heterocycles. The zero-order chi connectivity index (χ0) is 18.7. The predicted molar refractivity (Wildman–Crippen MR) is 88.6 cm³/mol. The average Bonchev–Trinajstić information content (AvgIpc) is 3.18. The van der Waals surface area contributed by atoms with E-state index < -0.39 is 26.2 Å². The van der Waals surface area contributed by atoms with Crippen LogP contribution in [0.4, 0.5) is 5.82 Å². The van der Waals surface area contributed by atoms with Gasteiger partial charge in [0.25, 0.3) is 0 Å². The number of hydrogen-bond donors (Lipinski definition) is 2. The number of nitrogens with two attached hydrogens (primary N) is 1. The van der Waals surface area contributed by atoms with E-state index in [-0.39, 0.29) is 19.0 Å². The van der Waals surface area contributed by atoms with Crippen LogP contribution in [-0.2, 0) is 18.3 Å². The van der Waals surface area contributed by atoms with Gasteiger partial charge in [0, 0.05) is 11.3 Å². The van der Waals surface area contributed by atoms with Crippen molar-refractivity contribution in [1.29, 1.82) is 0 Å². The van der Waals surface area contributed by atoms with Gasteiger partial charge in [0.1, 0.15) is 18.1 Å². The summed E-state index contributed by atoms with van der Waals surface area (Å²) < 4.78 is 28.7. The van der Waals surface area contributed by atoms with Crippen molar-refractivity contribution in [1.82, 2.24) is 19.5 Å². The molecule has 0 aliphatic carbocycles. The molecule has 2 aromatic heterocycles. The quantitative estimate of drug-likeness (QED) is 0.309. The summed E-state index contributed by atoms with van der Waals surface area (Å²) in [6, 6.07) is -0.608. The number of phosphoric acid groups is 1. The van der Waals surface area contributed by atoms with Crippen LogP contribution in [0, 0.1) is 0 Å². The summed E-state index contributed by atoms with van der Waals surface area (Å²) in [4.78, 5) is 24.5. The zero-order valence-corrected chi connectivity index (χ0v) is 14.6. The number of rotatable bonds is 7. The van der Waals surface area contributed by atoms with Gasteiger partial charge in [-0.25, -0.2) is 19.5 Å². The molecular weight excluding hydrogens is 367 g/mol. The molecule has 3 rings (SSSR count). The van der Waals surface area contributed by atoms with Gasteiger partial charge in [-0.1, -0.05) is 5.11 Å². The molecule has 2 aromatic rings. The van der Waals surface area contributed by atoms with Crippen molar-refractivity contribution < 1.29 is 23.2 Å². The minimum Gasteiger partial charge on any atom is -0.382 e. The first-order valence-electron chi connectivity index (χ1n) is 7.69. The number of hydrogen-bond acceptors (Lipinski definition) is 9. The van der Waals surface area contributed by atoms with Crippen molar-refractivity contribution in [3.8, 4) is 0 Å². The first-order valence-corrected chi connectivity index (χ1v) is 9.19. The number of nitrogens with zero attached hydrogens (tertiary/aromatic N) is 7. The van der Waals surface area contributed by atoms with E-state index >= 15 is 0 Å². The van der Waals surface area contributed by atoms with Crippen molar-refractivity contribution in [2.24, 2.45) is 5.11 Å². The summed E-state index contributed by atoms with van der Waals surface area (Å²) in [6.07, 6.45) is 1.80. The highest BCUT2D eigenvalue weighted by Gasteiger charge is 2.38. The molecule has 1 saturated heterocycles. The zero-order valence-electron chi connectivity index (χ0n) is 13.7. The summed E-state index contributed by atoms with van der Waals surface area (Å²) in [7, 11) is -4.19. The second-order valence-corrected chi connectivity index (χ2v) is 6.86. The van der Waals surface area contributed by atoms with Crippen LogP contribution in [0.1, 0.15) is 19.6 Å². The van der Waals surface area contributed by atoms with Crippen LogP contribution in [0.3, 0.4) is 0 Å². The lowest BCUT2D eigenvalue weighted by molar-refractivity contribution is -0.0245. The first kappa shape index (κ1) is 18.5. The molecule has 0 radical (unpaired) electrons. The number of phosphoric ester groups is 1. The van der Waals surface area contributed by atoms with Gasteiger partial charge in [-0.2, -0.15) is 0 Å². The van der Waals surface area contributed by atoms with Crippen molar-refractivity contribution in [3.05, 3.63) is 23.1 Å². The third-order valence-corrected chi connectivity index (χ3v) is 4.86. The average molecular weight is 384 g/mol. The third kappa shape index (κ3) is 3.78. The van der Waals surface area contributed by atoms with E-state index in [9.17, 15) is 9.46 Å². The van der Waals surface area contributed by atoms with E-state index in [0.717, 1.165) is 0 Å². The number of imidazole rings is 1. The topological polar surface area (TPSA) is 183 Å². The molecule has 140 valence electrons. The maximum Gasteiger partial charge on any atom is 0.472 e. The van der Waals surface area contributed by atoms with E-state index in [1.807, 2.05) is 0 Å². The first-order chi connectivity index (χ1) is 12.4. The van der Waals surface area contributed by atoms with Gasteiger partial charge >= 0.3 is 7.82 Å². The monoisotopic (exact) mass is 384 g/mol. The van der Waals surface area contributed by atoms with Crippen LogP contribution < -0.4 is 5.73 Å². The van der Waals surface area contributed by atoms with Gasteiger partial charge in [-0.05, 0) is 12.5 Å². The van der Waals surface area contributed by atoms with Crippen molar-refractivity contribution in [3.63, 3.8) is 0 Å². The van der Waals surface area contributed by atoms with Gasteiger partial charge in [0.05, 0.1) is 31.7 Å². The van der Waals surface area contributed by atoms with E-state index in [2.05, 4.69) is 29.5 Å². The SMILES string of the molecule is CCOP(=O)(O)OC[C@H]1O[C@@H](n2cnc3c(N)ncnc32)C[C@H]1N=[N+]=[N-]. The lowest BCUT2D eigenvalue weighted by atomic mass is 10.1. The van der Waals surface area contributed by atoms with E-state index in [4.69, 9.17) is 20.5 Å². The van der Waals surface area contributed by atoms with Crippen molar-refractivity contribution in [2.75, 3.05) is 18.9 Å². The van der Waals surface area contributed by atoms with Crippen LogP contribution in [0.25, 0.3) is 21.6 Å². The molecule has 0 bridgehead atoms. The molecule has 13 nitrogen and oxygen atoms in total. The molecule has 4 atom stereocenters. The molecule has 1 unspecified atom stereocenters. The maximum atomic E-state index is 11.7. The summed E-state index contributed by atoms with van der Waals surface area (Å²) in [5.41, 5.74) is 15.4. The Bertz CT molecular complexity index is 884. The fraction of sp³-hybridized carbons (Fsp3) is 0.583. The Labute approximate surface area is 147 Å². The van der Waals surface area contributed by atoms with Crippen LogP contribution in [0.5, 0.6) is 0 Å². The van der Waals surface area contributed by atoms with Crippen LogP contribution in [-0.4, -0.2) is 49.8 Å². The number of aromatic nitrogens is 4. The van der Waals surface area contributed by atoms with E-state index in [1.165, 1.54) is 12.7 Å². The van der Waals surface area contributed by atoms with E-state index in [1.54, 1.807) is 11.5 Å². The summed E-state index contributed by atoms with van der Waals surface area (Å²) in [5.74, 6) is 0.233. The Hall–Kier alpha value is -2.27. The maximum absolute atomic E-state index is 11.7. The van der Waals surface area contributed by atoms with Crippen LogP contribution >= 0.6 is 7.82 Å². The van der Waals surface area contributed by atoms with Crippen LogP contribution in [0.2, 0.25) is 0 Å². The number of nitrogen functional groups attached to an aromatic ring is 1. The molecular formula is C12H17N8O5P. The van der Waals surface area contributed by atoms with Gasteiger partial charge < -0.3 is 15.4 Å². The molecule has 0 spiro atoms.